The second kappa shape index (κ2) is 10.9. The molecule has 0 aliphatic carbocycles. The molecule has 1 aliphatic heterocycles. The van der Waals surface area contributed by atoms with Crippen molar-refractivity contribution >= 4 is 34.6 Å². The Kier molecular flexibility index (Phi) is 7.24. The normalized spacial score (nSPS) is 14.0. The van der Waals surface area contributed by atoms with Crippen LogP contribution in [0.3, 0.4) is 0 Å². The van der Waals surface area contributed by atoms with Gasteiger partial charge in [0, 0.05) is 44.0 Å². The molecule has 0 unspecified atom stereocenters. The molecular weight excluding hydrogens is 494 g/mol. The van der Waals surface area contributed by atoms with E-state index >= 15 is 8.78 Å². The van der Waals surface area contributed by atoms with E-state index in [0.717, 1.165) is 5.56 Å². The van der Waals surface area contributed by atoms with Crippen LogP contribution in [-0.4, -0.2) is 74.8 Å². The van der Waals surface area contributed by atoms with Crippen molar-refractivity contribution in [3.63, 3.8) is 0 Å². The van der Waals surface area contributed by atoms with Crippen molar-refractivity contribution in [3.05, 3.63) is 73.1 Å². The van der Waals surface area contributed by atoms with Crippen LogP contribution in [0.4, 0.5) is 31.8 Å². The molecule has 3 N–H and O–H groups in total. The second-order valence-electron chi connectivity index (χ2n) is 8.71. The highest BCUT2D eigenvalue weighted by atomic mass is 19.2. The van der Waals surface area contributed by atoms with Crippen molar-refractivity contribution in [2.24, 2.45) is 0 Å². The Bertz CT molecular complexity index is 1480. The van der Waals surface area contributed by atoms with Gasteiger partial charge < -0.3 is 20.6 Å². The van der Waals surface area contributed by atoms with Crippen LogP contribution >= 0.6 is 0 Å². The van der Waals surface area contributed by atoms with Crippen LogP contribution in [0.25, 0.3) is 16.9 Å². The van der Waals surface area contributed by atoms with Crippen LogP contribution in [0.1, 0.15) is 0 Å². The molecule has 196 valence electrons. The minimum absolute atomic E-state index is 0.0523. The number of benzene rings is 2. The third-order valence-corrected chi connectivity index (χ3v) is 6.31. The number of carbonyl (C=O) groups excluding carboxylic acids is 1. The lowest BCUT2D eigenvalue weighted by Crippen LogP contribution is -2.47. The van der Waals surface area contributed by atoms with Gasteiger partial charge in [-0.25, -0.2) is 23.3 Å². The Hall–Kier alpha value is -4.42. The van der Waals surface area contributed by atoms with Crippen LogP contribution in [0.5, 0.6) is 0 Å². The van der Waals surface area contributed by atoms with Gasteiger partial charge in [-0.2, -0.15) is 0 Å². The highest BCUT2D eigenvalue weighted by Crippen LogP contribution is 2.29. The van der Waals surface area contributed by atoms with Gasteiger partial charge in [0.2, 0.25) is 11.9 Å². The standard InChI is InChI=1S/C26H26F2N8O2/c1-2-23(38)31-18-5-3-4-17(14-18)21-15-29-22-16-30-26(33-36(21)22)32-19-6-7-20(25(28)24(19)27)35-10-8-34(9-11-35)12-13-37/h2-7,14-16,37H,1,8-13H2,(H,31,38)(H,32,33). The Labute approximate surface area is 217 Å². The number of aliphatic hydroxyl groups is 1. The highest BCUT2D eigenvalue weighted by molar-refractivity contribution is 5.99. The van der Waals surface area contributed by atoms with Gasteiger partial charge in [-0.15, -0.1) is 5.10 Å². The van der Waals surface area contributed by atoms with Crippen molar-refractivity contribution in [2.45, 2.75) is 0 Å². The monoisotopic (exact) mass is 520 g/mol. The van der Waals surface area contributed by atoms with Crippen LogP contribution in [-0.2, 0) is 4.79 Å². The van der Waals surface area contributed by atoms with Crippen LogP contribution in [0, 0.1) is 11.6 Å². The molecule has 38 heavy (non-hydrogen) atoms. The molecule has 0 bridgehead atoms. The number of anilines is 4. The molecule has 1 amide bonds. The van der Waals surface area contributed by atoms with Gasteiger partial charge in [-0.3, -0.25) is 9.69 Å². The van der Waals surface area contributed by atoms with Crippen LogP contribution in [0.2, 0.25) is 0 Å². The zero-order chi connectivity index (χ0) is 26.6. The first kappa shape index (κ1) is 25.2. The number of amides is 1. The lowest BCUT2D eigenvalue weighted by atomic mass is 10.1. The van der Waals surface area contributed by atoms with Gasteiger partial charge in [0.05, 0.1) is 36.1 Å². The first-order valence-electron chi connectivity index (χ1n) is 12.0. The number of carbonyl (C=O) groups is 1. The summed E-state index contributed by atoms with van der Waals surface area (Å²) in [5.41, 5.74) is 2.46. The van der Waals surface area contributed by atoms with Gasteiger partial charge in [0.15, 0.2) is 17.3 Å². The van der Waals surface area contributed by atoms with Gasteiger partial charge in [0.1, 0.15) is 0 Å². The molecule has 1 saturated heterocycles. The Balaban J connectivity index is 1.37. The number of fused-ring (bicyclic) bond motifs is 1. The number of piperazine rings is 1. The summed E-state index contributed by atoms with van der Waals surface area (Å²) in [7, 11) is 0. The van der Waals surface area contributed by atoms with E-state index in [1.54, 1.807) is 29.3 Å². The highest BCUT2D eigenvalue weighted by Gasteiger charge is 2.23. The summed E-state index contributed by atoms with van der Waals surface area (Å²) in [5, 5.41) is 19.0. The average molecular weight is 521 g/mol. The summed E-state index contributed by atoms with van der Waals surface area (Å²) in [6.07, 6.45) is 4.26. The topological polar surface area (TPSA) is 111 Å². The molecule has 2 aromatic heterocycles. The van der Waals surface area contributed by atoms with Crippen LogP contribution < -0.4 is 15.5 Å². The number of hydrogen-bond donors (Lipinski definition) is 3. The molecule has 12 heteroatoms. The van der Waals surface area contributed by atoms with E-state index in [-0.39, 0.29) is 29.8 Å². The van der Waals surface area contributed by atoms with Crippen molar-refractivity contribution in [1.82, 2.24) is 24.5 Å². The summed E-state index contributed by atoms with van der Waals surface area (Å²) in [6, 6.07) is 10.1. The summed E-state index contributed by atoms with van der Waals surface area (Å²) in [6.45, 7) is 6.47. The maximum atomic E-state index is 15.1. The molecule has 5 rings (SSSR count). The number of imidazole rings is 1. The maximum absolute atomic E-state index is 15.1. The van der Waals surface area contributed by atoms with Crippen LogP contribution in [0.15, 0.2) is 61.4 Å². The van der Waals surface area contributed by atoms with E-state index in [4.69, 9.17) is 5.11 Å². The second-order valence-corrected chi connectivity index (χ2v) is 8.71. The molecule has 0 spiro atoms. The zero-order valence-electron chi connectivity index (χ0n) is 20.4. The molecule has 0 saturated carbocycles. The number of β-amino-alcohol motifs (C(OH)–C–C–N with tert-alkyl or cyclic N) is 1. The van der Waals surface area contributed by atoms with Crippen molar-refractivity contribution in [3.8, 4) is 11.3 Å². The van der Waals surface area contributed by atoms with E-state index in [0.29, 0.717) is 49.8 Å². The van der Waals surface area contributed by atoms with E-state index < -0.39 is 11.6 Å². The quantitative estimate of drug-likeness (QED) is 0.304. The SMILES string of the molecule is C=CC(=O)Nc1cccc(-c2cnc3cnc(Nc4ccc(N5CCN(CCO)CC5)c(F)c4F)nn23)c1. The summed E-state index contributed by atoms with van der Waals surface area (Å²) >= 11 is 0. The minimum Gasteiger partial charge on any atom is -0.395 e. The number of nitrogens with zero attached hydrogens (tertiary/aromatic N) is 6. The fourth-order valence-electron chi connectivity index (χ4n) is 4.35. The fourth-order valence-corrected chi connectivity index (χ4v) is 4.35. The maximum Gasteiger partial charge on any atom is 0.247 e. The zero-order valence-corrected chi connectivity index (χ0v) is 20.4. The van der Waals surface area contributed by atoms with E-state index in [1.807, 2.05) is 6.07 Å². The van der Waals surface area contributed by atoms with Gasteiger partial charge in [0.25, 0.3) is 0 Å². The molecular formula is C26H26F2N8O2. The lowest BCUT2D eigenvalue weighted by Gasteiger charge is -2.36. The number of nitrogens with one attached hydrogen (secondary N) is 2. The molecule has 2 aromatic carbocycles. The van der Waals surface area contributed by atoms with Gasteiger partial charge in [-0.1, -0.05) is 18.7 Å². The summed E-state index contributed by atoms with van der Waals surface area (Å²) < 4.78 is 31.6. The predicted octanol–water partition coefficient (Wildman–Crippen LogP) is 3.05. The number of halogens is 2. The number of aromatic nitrogens is 4. The van der Waals surface area contributed by atoms with Crippen molar-refractivity contribution in [2.75, 3.05) is 54.9 Å². The largest absolute Gasteiger partial charge is 0.395 e. The first-order chi connectivity index (χ1) is 18.5. The Morgan fingerprint density at radius 1 is 1.08 bits per heavy atom. The smallest absolute Gasteiger partial charge is 0.247 e. The Morgan fingerprint density at radius 3 is 2.66 bits per heavy atom. The fraction of sp³-hybridized carbons (Fsp3) is 0.231. The first-order valence-corrected chi connectivity index (χ1v) is 12.0. The molecule has 0 radical (unpaired) electrons. The molecule has 3 heterocycles. The number of hydrogen-bond acceptors (Lipinski definition) is 8. The average Bonchev–Trinajstić information content (AvgIpc) is 3.36. The van der Waals surface area contributed by atoms with E-state index in [1.165, 1.54) is 28.9 Å². The molecule has 1 fully saturated rings. The van der Waals surface area contributed by atoms with Gasteiger partial charge in [-0.05, 0) is 30.3 Å². The van der Waals surface area contributed by atoms with Crippen molar-refractivity contribution in [1.29, 1.82) is 0 Å². The van der Waals surface area contributed by atoms with E-state index in [9.17, 15) is 4.79 Å². The summed E-state index contributed by atoms with van der Waals surface area (Å²) in [4.78, 5) is 24.0. The third kappa shape index (κ3) is 5.17. The van der Waals surface area contributed by atoms with Gasteiger partial charge >= 0.3 is 0 Å². The van der Waals surface area contributed by atoms with E-state index in [2.05, 4.69) is 37.2 Å². The molecule has 1 aliphatic rings. The molecule has 4 aromatic rings. The third-order valence-electron chi connectivity index (χ3n) is 6.31. The Morgan fingerprint density at radius 2 is 1.89 bits per heavy atom. The lowest BCUT2D eigenvalue weighted by molar-refractivity contribution is -0.111. The number of aliphatic hydroxyl groups excluding tert-OH is 1. The summed E-state index contributed by atoms with van der Waals surface area (Å²) in [5.74, 6) is -2.26. The predicted molar refractivity (Wildman–Crippen MR) is 140 cm³/mol. The van der Waals surface area contributed by atoms with Crippen molar-refractivity contribution < 1.29 is 18.7 Å². The molecule has 10 nitrogen and oxygen atoms in total. The molecule has 0 atom stereocenters. The minimum atomic E-state index is -1.03. The number of rotatable bonds is 8.